The van der Waals surface area contributed by atoms with Gasteiger partial charge < -0.3 is 10.1 Å². The lowest BCUT2D eigenvalue weighted by atomic mass is 10.4. The molecule has 0 aliphatic carbocycles. The Morgan fingerprint density at radius 3 is 3.00 bits per heavy atom. The number of aromatic nitrogens is 4. The minimum Gasteiger partial charge on any atom is -0.362 e. The van der Waals surface area contributed by atoms with Crippen molar-refractivity contribution in [2.45, 2.75) is 20.2 Å². The summed E-state index contributed by atoms with van der Waals surface area (Å²) in [6, 6.07) is 1.68. The van der Waals surface area contributed by atoms with E-state index in [0.29, 0.717) is 18.1 Å². The number of rotatable bonds is 5. The predicted molar refractivity (Wildman–Crippen MR) is 65.1 cm³/mol. The molecule has 0 saturated heterocycles. The third-order valence-corrected chi connectivity index (χ3v) is 2.35. The van der Waals surface area contributed by atoms with Gasteiger partial charge in [0.15, 0.2) is 5.69 Å². The molecular weight excluding hydrogens is 234 g/mol. The van der Waals surface area contributed by atoms with Crippen molar-refractivity contribution >= 4 is 11.6 Å². The van der Waals surface area contributed by atoms with Gasteiger partial charge >= 0.3 is 0 Å². The summed E-state index contributed by atoms with van der Waals surface area (Å²) in [6.45, 7) is 3.04. The number of nitrogens with zero attached hydrogens (tertiary/aromatic N) is 4. The van der Waals surface area contributed by atoms with Crippen molar-refractivity contribution in [2.75, 3.05) is 12.4 Å². The van der Waals surface area contributed by atoms with Crippen LogP contribution >= 0.6 is 0 Å². The van der Waals surface area contributed by atoms with E-state index >= 15 is 0 Å². The van der Waals surface area contributed by atoms with Gasteiger partial charge in [0.25, 0.3) is 5.91 Å². The summed E-state index contributed by atoms with van der Waals surface area (Å²) in [7, 11) is 1.58. The molecule has 0 unspecified atom stereocenters. The number of aryl methyl sites for hydroxylation is 1. The van der Waals surface area contributed by atoms with Crippen molar-refractivity contribution in [2.24, 2.45) is 0 Å². The maximum atomic E-state index is 11.9. The van der Waals surface area contributed by atoms with Gasteiger partial charge in [-0.1, -0.05) is 0 Å². The van der Waals surface area contributed by atoms with Crippen LogP contribution in [0.25, 0.3) is 0 Å². The SMILES string of the molecule is CCn1ccc(C(=O)Nc2cnn(COC)c2)n1. The summed E-state index contributed by atoms with van der Waals surface area (Å²) in [5.74, 6) is -0.251. The number of hydrogen-bond donors (Lipinski definition) is 1. The molecule has 0 aliphatic rings. The maximum Gasteiger partial charge on any atom is 0.276 e. The summed E-state index contributed by atoms with van der Waals surface area (Å²) in [4.78, 5) is 11.9. The fraction of sp³-hybridized carbons (Fsp3) is 0.364. The van der Waals surface area contributed by atoms with Gasteiger partial charge in [0.05, 0.1) is 18.1 Å². The van der Waals surface area contributed by atoms with Gasteiger partial charge in [-0.3, -0.25) is 9.48 Å². The molecule has 0 aliphatic heterocycles. The molecule has 7 heteroatoms. The van der Waals surface area contributed by atoms with Gasteiger partial charge in [-0.25, -0.2) is 4.68 Å². The van der Waals surface area contributed by atoms with Crippen LogP contribution in [0.2, 0.25) is 0 Å². The first kappa shape index (κ1) is 12.3. The molecule has 18 heavy (non-hydrogen) atoms. The molecule has 0 atom stereocenters. The van der Waals surface area contributed by atoms with Gasteiger partial charge in [0.1, 0.15) is 6.73 Å². The number of anilines is 1. The van der Waals surface area contributed by atoms with Crippen molar-refractivity contribution in [1.82, 2.24) is 19.6 Å². The van der Waals surface area contributed by atoms with E-state index in [0.717, 1.165) is 6.54 Å². The zero-order valence-corrected chi connectivity index (χ0v) is 10.3. The Balaban J connectivity index is 2.01. The van der Waals surface area contributed by atoms with Gasteiger partial charge in [-0.2, -0.15) is 10.2 Å². The highest BCUT2D eigenvalue weighted by Gasteiger charge is 2.10. The van der Waals surface area contributed by atoms with Crippen molar-refractivity contribution in [3.05, 3.63) is 30.4 Å². The van der Waals surface area contributed by atoms with E-state index in [4.69, 9.17) is 4.74 Å². The predicted octanol–water partition coefficient (Wildman–Crippen LogP) is 0.956. The molecule has 2 heterocycles. The van der Waals surface area contributed by atoms with E-state index < -0.39 is 0 Å². The van der Waals surface area contributed by atoms with E-state index in [9.17, 15) is 4.79 Å². The first-order valence-electron chi connectivity index (χ1n) is 5.59. The highest BCUT2D eigenvalue weighted by Crippen LogP contribution is 2.07. The monoisotopic (exact) mass is 249 g/mol. The van der Waals surface area contributed by atoms with Crippen LogP contribution in [0.3, 0.4) is 0 Å². The Bertz CT molecular complexity index is 531. The Morgan fingerprint density at radius 1 is 1.50 bits per heavy atom. The van der Waals surface area contributed by atoms with E-state index in [2.05, 4.69) is 15.5 Å². The van der Waals surface area contributed by atoms with E-state index in [1.54, 1.807) is 41.1 Å². The summed E-state index contributed by atoms with van der Waals surface area (Å²) in [5, 5.41) is 10.9. The van der Waals surface area contributed by atoms with Crippen LogP contribution in [0, 0.1) is 0 Å². The van der Waals surface area contributed by atoms with Crippen LogP contribution in [-0.2, 0) is 18.0 Å². The zero-order chi connectivity index (χ0) is 13.0. The van der Waals surface area contributed by atoms with Crippen molar-refractivity contribution in [1.29, 1.82) is 0 Å². The first-order valence-corrected chi connectivity index (χ1v) is 5.59. The molecule has 2 aromatic heterocycles. The second kappa shape index (κ2) is 5.46. The quantitative estimate of drug-likeness (QED) is 0.856. The topological polar surface area (TPSA) is 74.0 Å². The molecule has 2 rings (SSSR count). The Kier molecular flexibility index (Phi) is 3.73. The number of carbonyl (C=O) groups is 1. The van der Waals surface area contributed by atoms with Crippen LogP contribution in [0.4, 0.5) is 5.69 Å². The van der Waals surface area contributed by atoms with Crippen molar-refractivity contribution in [3.8, 4) is 0 Å². The Labute approximate surface area is 104 Å². The summed E-state index contributed by atoms with van der Waals surface area (Å²) < 4.78 is 8.20. The Morgan fingerprint density at radius 2 is 2.33 bits per heavy atom. The second-order valence-electron chi connectivity index (χ2n) is 3.70. The molecule has 0 radical (unpaired) electrons. The molecule has 96 valence electrons. The number of nitrogens with one attached hydrogen (secondary N) is 1. The molecule has 1 amide bonds. The van der Waals surface area contributed by atoms with Crippen LogP contribution in [0.5, 0.6) is 0 Å². The third kappa shape index (κ3) is 2.75. The smallest absolute Gasteiger partial charge is 0.276 e. The van der Waals surface area contributed by atoms with Crippen molar-refractivity contribution in [3.63, 3.8) is 0 Å². The first-order chi connectivity index (χ1) is 8.72. The largest absolute Gasteiger partial charge is 0.362 e. The average Bonchev–Trinajstić information content (AvgIpc) is 2.98. The summed E-state index contributed by atoms with van der Waals surface area (Å²) >= 11 is 0. The van der Waals surface area contributed by atoms with Gasteiger partial charge in [0.2, 0.25) is 0 Å². The Hall–Kier alpha value is -2.15. The molecule has 7 nitrogen and oxygen atoms in total. The van der Waals surface area contributed by atoms with Gasteiger partial charge in [-0.15, -0.1) is 0 Å². The highest BCUT2D eigenvalue weighted by atomic mass is 16.5. The number of ether oxygens (including phenoxy) is 1. The molecule has 0 fully saturated rings. The molecule has 2 aromatic rings. The molecule has 1 N–H and O–H groups in total. The van der Waals surface area contributed by atoms with E-state index in [1.165, 1.54) is 0 Å². The molecule has 0 saturated carbocycles. The van der Waals surface area contributed by atoms with Gasteiger partial charge in [-0.05, 0) is 13.0 Å². The van der Waals surface area contributed by atoms with E-state index in [-0.39, 0.29) is 5.91 Å². The number of amides is 1. The average molecular weight is 249 g/mol. The lowest BCUT2D eigenvalue weighted by Crippen LogP contribution is -2.13. The van der Waals surface area contributed by atoms with E-state index in [1.807, 2.05) is 6.92 Å². The minimum absolute atomic E-state index is 0.251. The molecule has 0 bridgehead atoms. The number of methoxy groups -OCH3 is 1. The van der Waals surface area contributed by atoms with Gasteiger partial charge in [0, 0.05) is 19.9 Å². The standard InChI is InChI=1S/C11H15N5O2/c1-3-15-5-4-10(14-15)11(17)13-9-6-12-16(7-9)8-18-2/h4-7H,3,8H2,1-2H3,(H,13,17). The maximum absolute atomic E-state index is 11.9. The summed E-state index contributed by atoms with van der Waals surface area (Å²) in [5.41, 5.74) is 0.999. The lowest BCUT2D eigenvalue weighted by molar-refractivity contribution is 0.102. The fourth-order valence-corrected chi connectivity index (χ4v) is 1.49. The van der Waals surface area contributed by atoms with Crippen LogP contribution in [-0.4, -0.2) is 32.6 Å². The molecular formula is C11H15N5O2. The molecule has 0 spiro atoms. The third-order valence-electron chi connectivity index (χ3n) is 2.35. The number of carbonyl (C=O) groups excluding carboxylic acids is 1. The fourth-order valence-electron chi connectivity index (χ4n) is 1.49. The highest BCUT2D eigenvalue weighted by molar-refractivity contribution is 6.02. The summed E-state index contributed by atoms with van der Waals surface area (Å²) in [6.07, 6.45) is 5.02. The van der Waals surface area contributed by atoms with Crippen molar-refractivity contribution < 1.29 is 9.53 Å². The van der Waals surface area contributed by atoms with Crippen LogP contribution in [0.1, 0.15) is 17.4 Å². The molecule has 0 aromatic carbocycles. The normalized spacial score (nSPS) is 10.6. The lowest BCUT2D eigenvalue weighted by Gasteiger charge is -1.99. The minimum atomic E-state index is -0.251. The van der Waals surface area contributed by atoms with Crippen LogP contribution < -0.4 is 5.32 Å². The number of hydrogen-bond acceptors (Lipinski definition) is 4. The zero-order valence-electron chi connectivity index (χ0n) is 10.3. The second-order valence-corrected chi connectivity index (χ2v) is 3.70. The van der Waals surface area contributed by atoms with Crippen LogP contribution in [0.15, 0.2) is 24.7 Å².